The fourth-order valence-electron chi connectivity index (χ4n) is 1.17. The number of thioether (sulfide) groups is 1. The third-order valence-electron chi connectivity index (χ3n) is 1.94. The predicted molar refractivity (Wildman–Crippen MR) is 69.1 cm³/mol. The van der Waals surface area contributed by atoms with Gasteiger partial charge in [-0.15, -0.1) is 0 Å². The van der Waals surface area contributed by atoms with E-state index in [0.29, 0.717) is 0 Å². The Bertz CT molecular complexity index is 595. The van der Waals surface area contributed by atoms with Crippen molar-refractivity contribution < 1.29 is 9.85 Å². The van der Waals surface area contributed by atoms with Crippen LogP contribution in [0.2, 0.25) is 0 Å². The molecule has 0 aliphatic carbocycles. The fourth-order valence-corrected chi connectivity index (χ4v) is 1.52. The average Bonchev–Trinajstić information content (AvgIpc) is 2.37. The smallest absolute Gasteiger partial charge is 0.271 e. The highest BCUT2D eigenvalue weighted by atomic mass is 32.2. The highest BCUT2D eigenvalue weighted by Crippen LogP contribution is 2.31. The summed E-state index contributed by atoms with van der Waals surface area (Å²) >= 11 is 1.13. The van der Waals surface area contributed by atoms with Gasteiger partial charge in [-0.1, -0.05) is 11.8 Å². The van der Waals surface area contributed by atoms with Crippen LogP contribution in [0.3, 0.4) is 0 Å². The maximum absolute atomic E-state index is 10.7. The first-order chi connectivity index (χ1) is 8.99. The van der Waals surface area contributed by atoms with Crippen LogP contribution >= 0.6 is 11.8 Å². The Kier molecular flexibility index (Phi) is 4.78. The zero-order valence-electron chi connectivity index (χ0n) is 9.56. The first kappa shape index (κ1) is 14.4. The third-order valence-corrected chi connectivity index (χ3v) is 2.52. The Morgan fingerprint density at radius 1 is 1.37 bits per heavy atom. The first-order valence-corrected chi connectivity index (χ1v) is 5.92. The largest absolute Gasteiger partial charge is 0.348 e. The van der Waals surface area contributed by atoms with Gasteiger partial charge >= 0.3 is 11.4 Å². The molecule has 1 aromatic carbocycles. The second-order valence-electron chi connectivity index (χ2n) is 3.05. The second-order valence-corrected chi connectivity index (χ2v) is 3.84. The van der Waals surface area contributed by atoms with Gasteiger partial charge in [0.25, 0.3) is 0 Å². The van der Waals surface area contributed by atoms with Crippen molar-refractivity contribution in [1.82, 2.24) is 5.32 Å². The summed E-state index contributed by atoms with van der Waals surface area (Å²) < 4.78 is 0. The number of nitriles is 1. The Morgan fingerprint density at radius 3 is 2.47 bits per heavy atom. The van der Waals surface area contributed by atoms with Crippen LogP contribution in [-0.2, 0) is 0 Å². The summed E-state index contributed by atoms with van der Waals surface area (Å²) in [6.45, 7) is 0. The number of nitrogens with zero attached hydrogens (tertiary/aromatic N) is 4. The minimum Gasteiger partial charge on any atom is -0.271 e. The molecule has 0 aromatic heterocycles. The highest BCUT2D eigenvalue weighted by molar-refractivity contribution is 8.13. The van der Waals surface area contributed by atoms with Crippen molar-refractivity contribution in [2.24, 2.45) is 4.99 Å². The summed E-state index contributed by atoms with van der Waals surface area (Å²) in [5, 5.41) is 32.3. The summed E-state index contributed by atoms with van der Waals surface area (Å²) in [4.78, 5) is 23.6. The van der Waals surface area contributed by atoms with Gasteiger partial charge in [-0.05, 0) is 12.3 Å². The molecule has 0 saturated heterocycles. The molecule has 0 unspecified atom stereocenters. The van der Waals surface area contributed by atoms with E-state index in [0.717, 1.165) is 23.9 Å². The molecule has 1 N–H and O–H groups in total. The molecule has 1 rings (SSSR count). The zero-order valence-corrected chi connectivity index (χ0v) is 10.4. The monoisotopic (exact) mass is 281 g/mol. The molecule has 0 aliphatic rings. The van der Waals surface area contributed by atoms with E-state index in [9.17, 15) is 20.2 Å². The van der Waals surface area contributed by atoms with Gasteiger partial charge in [-0.3, -0.25) is 25.5 Å². The van der Waals surface area contributed by atoms with Gasteiger partial charge in [0, 0.05) is 12.1 Å². The van der Waals surface area contributed by atoms with Gasteiger partial charge in [0.1, 0.15) is 0 Å². The molecule has 9 nitrogen and oxygen atoms in total. The Hall–Kier alpha value is -2.67. The van der Waals surface area contributed by atoms with E-state index in [2.05, 4.69) is 10.3 Å². The van der Waals surface area contributed by atoms with E-state index < -0.39 is 21.2 Å². The number of aliphatic imine (C=N–C) groups is 1. The van der Waals surface area contributed by atoms with Gasteiger partial charge in [-0.2, -0.15) is 5.26 Å². The molecule has 1 aromatic rings. The molecule has 0 spiro atoms. The topological polar surface area (TPSA) is 134 Å². The van der Waals surface area contributed by atoms with E-state index in [4.69, 9.17) is 5.26 Å². The molecule has 0 atom stereocenters. The van der Waals surface area contributed by atoms with Crippen molar-refractivity contribution in [2.45, 2.75) is 0 Å². The average molecular weight is 281 g/mol. The van der Waals surface area contributed by atoms with Crippen molar-refractivity contribution in [2.75, 3.05) is 6.26 Å². The predicted octanol–water partition coefficient (Wildman–Crippen LogP) is 1.92. The van der Waals surface area contributed by atoms with E-state index in [1.54, 1.807) is 12.4 Å². The normalized spacial score (nSPS) is 10.6. The number of nitro groups is 2. The summed E-state index contributed by atoms with van der Waals surface area (Å²) in [6.07, 6.45) is 3.32. The molecular formula is C9H7N5O4S. The minimum absolute atomic E-state index is 0.143. The Labute approximate surface area is 111 Å². The Morgan fingerprint density at radius 2 is 2.00 bits per heavy atom. The van der Waals surface area contributed by atoms with Crippen LogP contribution in [0.4, 0.5) is 17.1 Å². The summed E-state index contributed by atoms with van der Waals surface area (Å²) in [6, 6.07) is 3.25. The van der Waals surface area contributed by atoms with Gasteiger partial charge < -0.3 is 0 Å². The lowest BCUT2D eigenvalue weighted by molar-refractivity contribution is -0.422. The molecule has 98 valence electrons. The SMILES string of the molecule is CSC(=Nc1ccc([N+](=O)[O-])c([N+](=O)[O-])c1)NC#N. The quantitative estimate of drug-likeness (QED) is 0.223. The number of nitro benzene ring substituents is 2. The van der Waals surface area contributed by atoms with Crippen molar-refractivity contribution in [3.63, 3.8) is 0 Å². The van der Waals surface area contributed by atoms with Crippen molar-refractivity contribution in [1.29, 1.82) is 5.26 Å². The lowest BCUT2D eigenvalue weighted by atomic mass is 10.2. The van der Waals surface area contributed by atoms with Crippen LogP contribution in [0.5, 0.6) is 0 Å². The lowest BCUT2D eigenvalue weighted by Crippen LogP contribution is -2.12. The third kappa shape index (κ3) is 3.65. The summed E-state index contributed by atoms with van der Waals surface area (Å²) in [7, 11) is 0. The van der Waals surface area contributed by atoms with E-state index in [1.165, 1.54) is 6.07 Å². The molecule has 0 amide bonds. The van der Waals surface area contributed by atoms with Crippen LogP contribution in [0.15, 0.2) is 23.2 Å². The van der Waals surface area contributed by atoms with Crippen LogP contribution < -0.4 is 5.32 Å². The molecule has 10 heteroatoms. The number of nitrogens with one attached hydrogen (secondary N) is 1. The first-order valence-electron chi connectivity index (χ1n) is 4.70. The molecule has 0 radical (unpaired) electrons. The van der Waals surface area contributed by atoms with Gasteiger partial charge in [0.15, 0.2) is 11.4 Å². The van der Waals surface area contributed by atoms with Crippen LogP contribution in [0.25, 0.3) is 0 Å². The van der Waals surface area contributed by atoms with Crippen LogP contribution in [0.1, 0.15) is 0 Å². The van der Waals surface area contributed by atoms with Crippen molar-refractivity contribution in [3.05, 3.63) is 38.4 Å². The van der Waals surface area contributed by atoms with E-state index in [1.807, 2.05) is 0 Å². The van der Waals surface area contributed by atoms with Crippen molar-refractivity contribution >= 4 is 34.0 Å². The van der Waals surface area contributed by atoms with Gasteiger partial charge in [-0.25, -0.2) is 4.99 Å². The number of benzene rings is 1. The fraction of sp³-hybridized carbons (Fsp3) is 0.111. The summed E-state index contributed by atoms with van der Waals surface area (Å²) in [5.74, 6) is 0. The maximum Gasteiger partial charge on any atom is 0.348 e. The van der Waals surface area contributed by atoms with Crippen LogP contribution in [0, 0.1) is 31.7 Å². The lowest BCUT2D eigenvalue weighted by Gasteiger charge is -2.00. The second kappa shape index (κ2) is 6.31. The number of hydrogen-bond acceptors (Lipinski definition) is 7. The Balaban J connectivity index is 3.26. The van der Waals surface area contributed by atoms with Gasteiger partial charge in [0.05, 0.1) is 15.5 Å². The molecule has 0 saturated carbocycles. The molecule has 0 aliphatic heterocycles. The van der Waals surface area contributed by atoms with Gasteiger partial charge in [0.2, 0.25) is 0 Å². The minimum atomic E-state index is -0.854. The van der Waals surface area contributed by atoms with Crippen LogP contribution in [-0.4, -0.2) is 21.3 Å². The van der Waals surface area contributed by atoms with E-state index >= 15 is 0 Å². The molecule has 0 fully saturated rings. The summed E-state index contributed by atoms with van der Waals surface area (Å²) in [5.41, 5.74) is -1.11. The number of amidine groups is 1. The zero-order chi connectivity index (χ0) is 14.4. The number of hydrogen-bond donors (Lipinski definition) is 1. The standard InChI is InChI=1S/C9H7N5O4S/c1-19-9(11-5-10)12-6-2-3-7(13(15)16)8(4-6)14(17)18/h2-4H,1H3,(H,11,12). The molecule has 0 bridgehead atoms. The molecule has 0 heterocycles. The molecule has 19 heavy (non-hydrogen) atoms. The molecular weight excluding hydrogens is 274 g/mol. The maximum atomic E-state index is 10.7. The number of rotatable bonds is 3. The van der Waals surface area contributed by atoms with E-state index in [-0.39, 0.29) is 10.9 Å². The van der Waals surface area contributed by atoms with Crippen molar-refractivity contribution in [3.8, 4) is 6.19 Å². The highest BCUT2D eigenvalue weighted by Gasteiger charge is 2.24.